The molecule has 1 fully saturated rings. The van der Waals surface area contributed by atoms with Crippen molar-refractivity contribution in [3.8, 4) is 22.8 Å². The SMILES string of the molecule is CC(=O)O.COCCOc1cccc(Nc2ccnc3[nH]c(-c4ccc(OC5CCN(C)CC5)cc4)cc23)c1P(C)(C)=O. The number of aromatic nitrogens is 2. The van der Waals surface area contributed by atoms with E-state index >= 15 is 0 Å². The van der Waals surface area contributed by atoms with Crippen LogP contribution in [0, 0.1) is 0 Å². The molecule has 230 valence electrons. The number of rotatable bonds is 10. The lowest BCUT2D eigenvalue weighted by Crippen LogP contribution is -2.35. The van der Waals surface area contributed by atoms with E-state index in [1.54, 1.807) is 26.6 Å². The van der Waals surface area contributed by atoms with E-state index in [2.05, 4.69) is 45.4 Å². The number of pyridine rings is 1. The highest BCUT2D eigenvalue weighted by molar-refractivity contribution is 7.70. The third-order valence-electron chi connectivity index (χ3n) is 7.02. The number of hydrogen-bond donors (Lipinski definition) is 3. The topological polar surface area (TPSA) is 126 Å². The Bertz CT molecular complexity index is 1550. The number of methoxy groups -OCH3 is 1. The molecule has 11 heteroatoms. The Morgan fingerprint density at radius 1 is 1.09 bits per heavy atom. The molecule has 3 N–H and O–H groups in total. The predicted octanol–water partition coefficient (Wildman–Crippen LogP) is 5.81. The van der Waals surface area contributed by atoms with Crippen LogP contribution in [-0.2, 0) is 14.1 Å². The Balaban J connectivity index is 0.000000996. The Hall–Kier alpha value is -3.85. The van der Waals surface area contributed by atoms with Crippen LogP contribution in [0.2, 0.25) is 0 Å². The second-order valence-electron chi connectivity index (χ2n) is 10.9. The molecule has 43 heavy (non-hydrogen) atoms. The number of H-pyrrole nitrogens is 1. The monoisotopic (exact) mass is 608 g/mol. The normalized spacial score (nSPS) is 14.2. The molecule has 4 aromatic rings. The second-order valence-corrected chi connectivity index (χ2v) is 14.1. The molecule has 0 atom stereocenters. The van der Waals surface area contributed by atoms with Crippen molar-refractivity contribution in [3.63, 3.8) is 0 Å². The molecule has 0 aliphatic carbocycles. The first-order chi connectivity index (χ1) is 20.5. The molecule has 1 saturated heterocycles. The van der Waals surface area contributed by atoms with E-state index in [-0.39, 0.29) is 6.10 Å². The number of carbonyl (C=O) groups is 1. The lowest BCUT2D eigenvalue weighted by atomic mass is 10.1. The largest absolute Gasteiger partial charge is 0.490 e. The molecule has 2 aromatic carbocycles. The number of hydrogen-bond acceptors (Lipinski definition) is 8. The van der Waals surface area contributed by atoms with Crippen molar-refractivity contribution in [2.45, 2.75) is 25.9 Å². The summed E-state index contributed by atoms with van der Waals surface area (Å²) in [4.78, 5) is 19.3. The lowest BCUT2D eigenvalue weighted by molar-refractivity contribution is -0.134. The van der Waals surface area contributed by atoms with Gasteiger partial charge in [-0.3, -0.25) is 4.79 Å². The summed E-state index contributed by atoms with van der Waals surface area (Å²) in [6.45, 7) is 7.58. The molecule has 1 aliphatic rings. The molecule has 2 aromatic heterocycles. The zero-order chi connectivity index (χ0) is 31.0. The van der Waals surface area contributed by atoms with Gasteiger partial charge in [0, 0.05) is 44.4 Å². The highest BCUT2D eigenvalue weighted by atomic mass is 31.2. The number of ether oxygens (including phenoxy) is 3. The molecule has 0 spiro atoms. The maximum absolute atomic E-state index is 13.3. The molecule has 1 aliphatic heterocycles. The van der Waals surface area contributed by atoms with Gasteiger partial charge in [-0.05, 0) is 87.3 Å². The number of nitrogens with zero attached hydrogens (tertiary/aromatic N) is 2. The summed E-state index contributed by atoms with van der Waals surface area (Å²) in [7, 11) is 1.12. The lowest BCUT2D eigenvalue weighted by Gasteiger charge is -2.29. The Morgan fingerprint density at radius 3 is 2.44 bits per heavy atom. The van der Waals surface area contributed by atoms with Gasteiger partial charge in [0.15, 0.2) is 0 Å². The third-order valence-corrected chi connectivity index (χ3v) is 8.56. The standard InChI is InChI=1S/C30H37N4O4P.C2H4O2/c1-34-16-13-23(14-17-34)38-22-10-8-21(9-11-22)27-20-24-25(12-15-31-30(24)33-27)32-26-6-5-7-28(37-19-18-36-2)29(26)39(3,4)35;1-2(3)4/h5-12,15,20,23H,13-14,16-19H2,1-4H3,(H2,31,32,33);1H3,(H,3,4). The van der Waals surface area contributed by atoms with E-state index in [0.717, 1.165) is 72.3 Å². The van der Waals surface area contributed by atoms with E-state index in [9.17, 15) is 4.57 Å². The fraction of sp³-hybridized carbons (Fsp3) is 0.375. The van der Waals surface area contributed by atoms with Crippen LogP contribution in [0.4, 0.5) is 11.4 Å². The summed E-state index contributed by atoms with van der Waals surface area (Å²) in [6, 6.07) is 17.9. The highest BCUT2D eigenvalue weighted by Gasteiger charge is 2.23. The number of aromatic amines is 1. The van der Waals surface area contributed by atoms with Crippen molar-refractivity contribution < 1.29 is 28.7 Å². The molecule has 0 unspecified atom stereocenters. The maximum Gasteiger partial charge on any atom is 0.300 e. The second kappa shape index (κ2) is 14.6. The number of carboxylic acid groups (broad SMARTS) is 1. The number of nitrogens with one attached hydrogen (secondary N) is 2. The summed E-state index contributed by atoms with van der Waals surface area (Å²) in [5.41, 5.74) is 4.41. The Morgan fingerprint density at radius 2 is 1.79 bits per heavy atom. The van der Waals surface area contributed by atoms with Crippen LogP contribution < -0.4 is 20.1 Å². The molecular formula is C32H41N4O6P. The summed E-state index contributed by atoms with van der Waals surface area (Å²) in [6.07, 6.45) is 4.14. The number of carboxylic acids is 1. The van der Waals surface area contributed by atoms with E-state index in [0.29, 0.717) is 24.3 Å². The van der Waals surface area contributed by atoms with Gasteiger partial charge in [-0.2, -0.15) is 0 Å². The number of aliphatic carboxylic acids is 1. The third kappa shape index (κ3) is 8.83. The summed E-state index contributed by atoms with van der Waals surface area (Å²) in [5, 5.41) is 12.6. The van der Waals surface area contributed by atoms with Gasteiger partial charge >= 0.3 is 0 Å². The van der Waals surface area contributed by atoms with Gasteiger partial charge in [-0.1, -0.05) is 6.07 Å². The van der Waals surface area contributed by atoms with Crippen LogP contribution in [-0.4, -0.2) is 85.8 Å². The van der Waals surface area contributed by atoms with Gasteiger partial charge in [0.05, 0.1) is 23.3 Å². The van der Waals surface area contributed by atoms with E-state index in [1.807, 2.05) is 36.4 Å². The smallest absolute Gasteiger partial charge is 0.300 e. The fourth-order valence-electron chi connectivity index (χ4n) is 4.97. The minimum Gasteiger partial charge on any atom is -0.490 e. The van der Waals surface area contributed by atoms with Crippen LogP contribution in [0.15, 0.2) is 60.8 Å². The minimum atomic E-state index is -2.67. The molecule has 0 radical (unpaired) electrons. The predicted molar refractivity (Wildman–Crippen MR) is 172 cm³/mol. The van der Waals surface area contributed by atoms with Gasteiger partial charge in [-0.25, -0.2) is 4.98 Å². The fourth-order valence-corrected chi connectivity index (χ4v) is 6.36. The van der Waals surface area contributed by atoms with E-state index < -0.39 is 13.1 Å². The molecule has 0 amide bonds. The molecule has 0 saturated carbocycles. The zero-order valence-corrected chi connectivity index (χ0v) is 26.3. The van der Waals surface area contributed by atoms with Crippen LogP contribution >= 0.6 is 7.14 Å². The maximum atomic E-state index is 13.3. The first-order valence-corrected chi connectivity index (χ1v) is 16.9. The first-order valence-electron chi connectivity index (χ1n) is 14.3. The van der Waals surface area contributed by atoms with Crippen molar-refractivity contribution in [1.82, 2.24) is 14.9 Å². The summed E-state index contributed by atoms with van der Waals surface area (Å²) >= 11 is 0. The zero-order valence-electron chi connectivity index (χ0n) is 25.4. The van der Waals surface area contributed by atoms with Crippen molar-refractivity contribution in [2.24, 2.45) is 0 Å². The first kappa shape index (κ1) is 32.1. The molecule has 3 heterocycles. The average Bonchev–Trinajstić information content (AvgIpc) is 3.40. The number of fused-ring (bicyclic) bond motifs is 1. The number of benzene rings is 2. The Kier molecular flexibility index (Phi) is 10.9. The van der Waals surface area contributed by atoms with Crippen LogP contribution in [0.5, 0.6) is 11.5 Å². The van der Waals surface area contributed by atoms with Crippen LogP contribution in [0.25, 0.3) is 22.3 Å². The summed E-state index contributed by atoms with van der Waals surface area (Å²) < 4.78 is 30.6. The van der Waals surface area contributed by atoms with Gasteiger partial charge < -0.3 is 39.1 Å². The molecule has 10 nitrogen and oxygen atoms in total. The number of likely N-dealkylation sites (tertiary alicyclic amines) is 1. The van der Waals surface area contributed by atoms with E-state index in [1.165, 1.54) is 0 Å². The van der Waals surface area contributed by atoms with Crippen LogP contribution in [0.1, 0.15) is 19.8 Å². The highest BCUT2D eigenvalue weighted by Crippen LogP contribution is 2.43. The molecule has 5 rings (SSSR count). The van der Waals surface area contributed by atoms with Gasteiger partial charge in [0.2, 0.25) is 0 Å². The van der Waals surface area contributed by atoms with Crippen molar-refractivity contribution in [1.29, 1.82) is 0 Å². The van der Waals surface area contributed by atoms with Gasteiger partial charge in [0.25, 0.3) is 5.97 Å². The minimum absolute atomic E-state index is 0.272. The van der Waals surface area contributed by atoms with Crippen molar-refractivity contribution in [2.75, 3.05) is 59.1 Å². The summed E-state index contributed by atoms with van der Waals surface area (Å²) in [5.74, 6) is 0.668. The molecular weight excluding hydrogens is 567 g/mol. The van der Waals surface area contributed by atoms with E-state index in [4.69, 9.17) is 24.1 Å². The number of piperidine rings is 1. The van der Waals surface area contributed by atoms with Gasteiger partial charge in [0.1, 0.15) is 37.0 Å². The number of anilines is 2. The van der Waals surface area contributed by atoms with Crippen molar-refractivity contribution >= 4 is 40.8 Å². The van der Waals surface area contributed by atoms with Crippen LogP contribution in [0.3, 0.4) is 0 Å². The Labute approximate surface area is 252 Å². The quantitative estimate of drug-likeness (QED) is 0.151. The molecule has 0 bridgehead atoms. The van der Waals surface area contributed by atoms with Gasteiger partial charge in [-0.15, -0.1) is 0 Å². The average molecular weight is 609 g/mol. The van der Waals surface area contributed by atoms with Crippen molar-refractivity contribution in [3.05, 3.63) is 60.8 Å².